The van der Waals surface area contributed by atoms with Crippen LogP contribution in [0.2, 0.25) is 5.15 Å². The van der Waals surface area contributed by atoms with Crippen molar-refractivity contribution in [2.24, 2.45) is 5.92 Å². The Kier molecular flexibility index (Phi) is 6.81. The van der Waals surface area contributed by atoms with Gasteiger partial charge in [-0.05, 0) is 24.5 Å². The van der Waals surface area contributed by atoms with Gasteiger partial charge in [-0.25, -0.2) is 9.78 Å². The minimum atomic E-state index is -0.396. The van der Waals surface area contributed by atoms with Gasteiger partial charge in [0.05, 0.1) is 12.2 Å². The molecule has 1 rings (SSSR count). The second kappa shape index (κ2) is 8.12. The number of ether oxygens (including phenoxy) is 2. The zero-order valence-corrected chi connectivity index (χ0v) is 12.4. The predicted molar refractivity (Wildman–Crippen MR) is 74.6 cm³/mol. The number of hydrogen-bond acceptors (Lipinski definition) is 4. The number of carbonyl (C=O) groups is 1. The van der Waals surface area contributed by atoms with Crippen molar-refractivity contribution in [2.75, 3.05) is 19.8 Å². The summed E-state index contributed by atoms with van der Waals surface area (Å²) in [6.07, 6.45) is 0.721. The van der Waals surface area contributed by atoms with E-state index in [0.29, 0.717) is 29.8 Å². The lowest BCUT2D eigenvalue weighted by Gasteiger charge is -2.08. The lowest BCUT2D eigenvalue weighted by molar-refractivity contribution is 0.0277. The van der Waals surface area contributed by atoms with E-state index in [4.69, 9.17) is 21.1 Å². The third kappa shape index (κ3) is 6.03. The molecule has 5 heteroatoms. The molecule has 0 aliphatic carbocycles. The predicted octanol–water partition coefficient (Wildman–Crippen LogP) is 3.13. The van der Waals surface area contributed by atoms with Gasteiger partial charge in [0, 0.05) is 12.3 Å². The summed E-state index contributed by atoms with van der Waals surface area (Å²) in [6.45, 7) is 7.40. The molecule has 0 aliphatic rings. The molecule has 1 heterocycles. The lowest BCUT2D eigenvalue weighted by Crippen LogP contribution is -2.13. The van der Waals surface area contributed by atoms with Crippen molar-refractivity contribution in [1.29, 1.82) is 0 Å². The standard InChI is InChI=1S/C14H20ClNO3/c1-4-12-7-11(8-13(15)16-12)14(17)19-6-5-18-9-10(2)3/h7-8,10H,4-6,9H2,1-3H3. The quantitative estimate of drug-likeness (QED) is 0.439. The second-order valence-corrected chi connectivity index (χ2v) is 5.02. The highest BCUT2D eigenvalue weighted by atomic mass is 35.5. The van der Waals surface area contributed by atoms with Gasteiger partial charge in [0.2, 0.25) is 0 Å². The van der Waals surface area contributed by atoms with Crippen molar-refractivity contribution < 1.29 is 14.3 Å². The molecule has 0 spiro atoms. The summed E-state index contributed by atoms with van der Waals surface area (Å²) < 4.78 is 10.4. The lowest BCUT2D eigenvalue weighted by atomic mass is 10.2. The van der Waals surface area contributed by atoms with Crippen LogP contribution in [0.5, 0.6) is 0 Å². The largest absolute Gasteiger partial charge is 0.460 e. The van der Waals surface area contributed by atoms with Crippen LogP contribution in [-0.4, -0.2) is 30.8 Å². The zero-order chi connectivity index (χ0) is 14.3. The van der Waals surface area contributed by atoms with Crippen LogP contribution in [0.25, 0.3) is 0 Å². The number of nitrogens with zero attached hydrogens (tertiary/aromatic N) is 1. The van der Waals surface area contributed by atoms with E-state index < -0.39 is 5.97 Å². The Morgan fingerprint density at radius 2 is 2.11 bits per heavy atom. The Balaban J connectivity index is 2.43. The average Bonchev–Trinajstić information content (AvgIpc) is 2.36. The molecule has 19 heavy (non-hydrogen) atoms. The molecular formula is C14H20ClNO3. The smallest absolute Gasteiger partial charge is 0.338 e. The van der Waals surface area contributed by atoms with Crippen LogP contribution >= 0.6 is 11.6 Å². The fourth-order valence-electron chi connectivity index (χ4n) is 1.45. The van der Waals surface area contributed by atoms with Crippen LogP contribution in [0.15, 0.2) is 12.1 Å². The number of pyridine rings is 1. The maximum absolute atomic E-state index is 11.8. The molecule has 0 saturated carbocycles. The van der Waals surface area contributed by atoms with Crippen LogP contribution in [0.1, 0.15) is 36.8 Å². The normalized spacial score (nSPS) is 10.8. The number of halogens is 1. The van der Waals surface area contributed by atoms with Gasteiger partial charge >= 0.3 is 5.97 Å². The molecule has 1 aromatic heterocycles. The average molecular weight is 286 g/mol. The van der Waals surface area contributed by atoms with Crippen molar-refractivity contribution in [3.63, 3.8) is 0 Å². The van der Waals surface area contributed by atoms with Gasteiger partial charge < -0.3 is 9.47 Å². The molecule has 0 N–H and O–H groups in total. The summed E-state index contributed by atoms with van der Waals surface area (Å²) in [5.74, 6) is 0.0777. The third-order valence-corrected chi connectivity index (χ3v) is 2.55. The Morgan fingerprint density at radius 3 is 2.74 bits per heavy atom. The summed E-state index contributed by atoms with van der Waals surface area (Å²) in [5.41, 5.74) is 1.20. The summed E-state index contributed by atoms with van der Waals surface area (Å²) in [4.78, 5) is 15.9. The monoisotopic (exact) mass is 285 g/mol. The third-order valence-electron chi connectivity index (χ3n) is 2.36. The molecule has 1 aromatic rings. The molecule has 0 unspecified atom stereocenters. The first-order chi connectivity index (χ1) is 9.02. The molecule has 0 amide bonds. The Morgan fingerprint density at radius 1 is 1.37 bits per heavy atom. The summed E-state index contributed by atoms with van der Waals surface area (Å²) >= 11 is 5.85. The Hall–Kier alpha value is -1.13. The van der Waals surface area contributed by atoms with Crippen molar-refractivity contribution in [2.45, 2.75) is 27.2 Å². The van der Waals surface area contributed by atoms with E-state index in [1.807, 2.05) is 6.92 Å². The van der Waals surface area contributed by atoms with E-state index in [2.05, 4.69) is 18.8 Å². The molecule has 0 aliphatic heterocycles. The van der Waals surface area contributed by atoms with Crippen molar-refractivity contribution >= 4 is 17.6 Å². The van der Waals surface area contributed by atoms with Gasteiger partial charge in [0.15, 0.2) is 0 Å². The van der Waals surface area contributed by atoms with Crippen LogP contribution in [0, 0.1) is 5.92 Å². The molecule has 0 aromatic carbocycles. The molecular weight excluding hydrogens is 266 g/mol. The fourth-order valence-corrected chi connectivity index (χ4v) is 1.67. The first-order valence-corrected chi connectivity index (χ1v) is 6.82. The molecule has 0 radical (unpaired) electrons. The minimum Gasteiger partial charge on any atom is -0.460 e. The van der Waals surface area contributed by atoms with Gasteiger partial charge in [0.25, 0.3) is 0 Å². The number of carbonyl (C=O) groups excluding carboxylic acids is 1. The van der Waals surface area contributed by atoms with Gasteiger partial charge in [-0.2, -0.15) is 0 Å². The maximum atomic E-state index is 11.8. The van der Waals surface area contributed by atoms with Crippen molar-refractivity contribution in [3.8, 4) is 0 Å². The number of esters is 1. The van der Waals surface area contributed by atoms with Crippen LogP contribution < -0.4 is 0 Å². The number of aryl methyl sites for hydroxylation is 1. The Bertz CT molecular complexity index is 421. The molecule has 106 valence electrons. The molecule has 0 atom stereocenters. The van der Waals surface area contributed by atoms with Gasteiger partial charge in [-0.3, -0.25) is 0 Å². The zero-order valence-electron chi connectivity index (χ0n) is 11.6. The van der Waals surface area contributed by atoms with E-state index in [1.54, 1.807) is 6.07 Å². The number of aromatic nitrogens is 1. The van der Waals surface area contributed by atoms with E-state index in [0.717, 1.165) is 12.1 Å². The first-order valence-electron chi connectivity index (χ1n) is 6.44. The molecule has 0 saturated heterocycles. The van der Waals surface area contributed by atoms with Gasteiger partial charge in [-0.15, -0.1) is 0 Å². The molecule has 0 fully saturated rings. The van der Waals surface area contributed by atoms with E-state index in [1.165, 1.54) is 6.07 Å². The highest BCUT2D eigenvalue weighted by Gasteiger charge is 2.10. The van der Waals surface area contributed by atoms with E-state index in [9.17, 15) is 4.79 Å². The minimum absolute atomic E-state index is 0.243. The van der Waals surface area contributed by atoms with Gasteiger partial charge in [0.1, 0.15) is 11.8 Å². The summed E-state index contributed by atoms with van der Waals surface area (Å²) in [5, 5.41) is 0.308. The topological polar surface area (TPSA) is 48.4 Å². The van der Waals surface area contributed by atoms with Crippen LogP contribution in [-0.2, 0) is 15.9 Å². The summed E-state index contributed by atoms with van der Waals surface area (Å²) in [6, 6.07) is 3.21. The maximum Gasteiger partial charge on any atom is 0.338 e. The number of hydrogen-bond donors (Lipinski definition) is 0. The van der Waals surface area contributed by atoms with Crippen LogP contribution in [0.3, 0.4) is 0 Å². The van der Waals surface area contributed by atoms with E-state index >= 15 is 0 Å². The molecule has 0 bridgehead atoms. The first kappa shape index (κ1) is 15.9. The van der Waals surface area contributed by atoms with Crippen LogP contribution in [0.4, 0.5) is 0 Å². The summed E-state index contributed by atoms with van der Waals surface area (Å²) in [7, 11) is 0. The highest BCUT2D eigenvalue weighted by Crippen LogP contribution is 2.12. The SMILES string of the molecule is CCc1cc(C(=O)OCCOCC(C)C)cc(Cl)n1. The number of rotatable bonds is 7. The van der Waals surface area contributed by atoms with Gasteiger partial charge in [-0.1, -0.05) is 32.4 Å². The fraction of sp³-hybridized carbons (Fsp3) is 0.571. The van der Waals surface area contributed by atoms with Crippen molar-refractivity contribution in [1.82, 2.24) is 4.98 Å². The molecule has 4 nitrogen and oxygen atoms in total. The highest BCUT2D eigenvalue weighted by molar-refractivity contribution is 6.29. The Labute approximate surface area is 119 Å². The second-order valence-electron chi connectivity index (χ2n) is 4.63. The van der Waals surface area contributed by atoms with E-state index in [-0.39, 0.29) is 6.61 Å². The van der Waals surface area contributed by atoms with Crippen molar-refractivity contribution in [3.05, 3.63) is 28.5 Å².